The van der Waals surface area contributed by atoms with Crippen LogP contribution in [0.1, 0.15) is 18.5 Å². The van der Waals surface area contributed by atoms with E-state index in [1.807, 2.05) is 42.5 Å². The minimum atomic E-state index is -0.567. The zero-order chi connectivity index (χ0) is 17.5. The van der Waals surface area contributed by atoms with Crippen LogP contribution in [0.4, 0.5) is 0 Å². The van der Waals surface area contributed by atoms with Crippen LogP contribution in [-0.2, 0) is 4.74 Å². The predicted octanol–water partition coefficient (Wildman–Crippen LogP) is 2.55. The molecule has 1 heterocycles. The van der Waals surface area contributed by atoms with E-state index < -0.39 is 6.10 Å². The van der Waals surface area contributed by atoms with Crippen LogP contribution in [0.25, 0.3) is 0 Å². The molecule has 0 spiro atoms. The van der Waals surface area contributed by atoms with E-state index in [0.717, 1.165) is 11.5 Å². The Balaban J connectivity index is 1.34. The normalized spacial score (nSPS) is 18.6. The molecule has 5 heteroatoms. The van der Waals surface area contributed by atoms with Gasteiger partial charge in [-0.2, -0.15) is 0 Å². The molecule has 5 nitrogen and oxygen atoms in total. The summed E-state index contributed by atoms with van der Waals surface area (Å²) in [6.45, 7) is 3.65. The maximum Gasteiger partial charge on any atom is 0.161 e. The van der Waals surface area contributed by atoms with Gasteiger partial charge in [0.25, 0.3) is 0 Å². The highest BCUT2D eigenvalue weighted by atomic mass is 16.6. The molecule has 25 heavy (non-hydrogen) atoms. The van der Waals surface area contributed by atoms with E-state index in [-0.39, 0.29) is 18.8 Å². The van der Waals surface area contributed by atoms with E-state index in [2.05, 4.69) is 24.4 Å². The van der Waals surface area contributed by atoms with Gasteiger partial charge in [0.15, 0.2) is 17.6 Å². The molecule has 134 valence electrons. The number of hydrogen-bond donors (Lipinski definition) is 2. The summed E-state index contributed by atoms with van der Waals surface area (Å²) in [5, 5.41) is 13.4. The molecule has 2 aromatic carbocycles. The number of benzene rings is 2. The summed E-state index contributed by atoms with van der Waals surface area (Å²) in [5.74, 6) is 1.50. The second-order valence-corrected chi connectivity index (χ2v) is 6.23. The number of ether oxygens (including phenoxy) is 3. The third kappa shape index (κ3) is 5.19. The third-order valence-electron chi connectivity index (χ3n) is 4.14. The van der Waals surface area contributed by atoms with E-state index in [0.29, 0.717) is 19.8 Å². The molecule has 3 unspecified atom stereocenters. The van der Waals surface area contributed by atoms with Gasteiger partial charge >= 0.3 is 0 Å². The second-order valence-electron chi connectivity index (χ2n) is 6.23. The highest BCUT2D eigenvalue weighted by Crippen LogP contribution is 2.30. The fraction of sp³-hybridized carbons (Fsp3) is 0.400. The van der Waals surface area contributed by atoms with Gasteiger partial charge in [-0.25, -0.2) is 0 Å². The van der Waals surface area contributed by atoms with E-state index in [1.54, 1.807) is 0 Å². The lowest BCUT2D eigenvalue weighted by molar-refractivity contribution is -0.0215. The topological polar surface area (TPSA) is 60.0 Å². The zero-order valence-corrected chi connectivity index (χ0v) is 14.4. The van der Waals surface area contributed by atoms with Crippen molar-refractivity contribution in [1.82, 2.24) is 5.32 Å². The van der Waals surface area contributed by atoms with Crippen molar-refractivity contribution in [3.05, 3.63) is 60.2 Å². The van der Waals surface area contributed by atoms with Crippen LogP contribution < -0.4 is 14.8 Å². The quantitative estimate of drug-likeness (QED) is 0.771. The van der Waals surface area contributed by atoms with Gasteiger partial charge in [0.05, 0.1) is 19.3 Å². The molecule has 2 N–H and O–H groups in total. The highest BCUT2D eigenvalue weighted by molar-refractivity contribution is 5.40. The Morgan fingerprint density at radius 2 is 1.84 bits per heavy atom. The monoisotopic (exact) mass is 343 g/mol. The third-order valence-corrected chi connectivity index (χ3v) is 4.14. The van der Waals surface area contributed by atoms with Crippen LogP contribution in [-0.4, -0.2) is 43.7 Å². The predicted molar refractivity (Wildman–Crippen MR) is 96.0 cm³/mol. The van der Waals surface area contributed by atoms with Crippen LogP contribution in [0.5, 0.6) is 11.5 Å². The molecule has 0 saturated heterocycles. The van der Waals surface area contributed by atoms with Crippen LogP contribution >= 0.6 is 0 Å². The average molecular weight is 343 g/mol. The minimum absolute atomic E-state index is 0.154. The molecule has 0 saturated carbocycles. The number of fused-ring (bicyclic) bond motifs is 1. The number of hydrogen-bond acceptors (Lipinski definition) is 5. The Labute approximate surface area is 148 Å². The maximum atomic E-state index is 10.1. The summed E-state index contributed by atoms with van der Waals surface area (Å²) >= 11 is 0. The first-order valence-corrected chi connectivity index (χ1v) is 8.65. The molecular weight excluding hydrogens is 318 g/mol. The summed E-state index contributed by atoms with van der Waals surface area (Å²) in [4.78, 5) is 0. The summed E-state index contributed by atoms with van der Waals surface area (Å²) in [5.41, 5.74) is 1.20. The Kier molecular flexibility index (Phi) is 6.28. The first kappa shape index (κ1) is 17.7. The Bertz CT molecular complexity index is 649. The van der Waals surface area contributed by atoms with Crippen molar-refractivity contribution in [2.75, 3.05) is 26.4 Å². The number of rotatable bonds is 8. The van der Waals surface area contributed by atoms with E-state index in [9.17, 15) is 5.11 Å². The Morgan fingerprint density at radius 3 is 2.64 bits per heavy atom. The molecule has 0 aromatic heterocycles. The average Bonchev–Trinajstić information content (AvgIpc) is 2.66. The van der Waals surface area contributed by atoms with Gasteiger partial charge in [-0.1, -0.05) is 42.5 Å². The molecule has 1 aliphatic rings. The van der Waals surface area contributed by atoms with Gasteiger partial charge < -0.3 is 24.6 Å². The molecule has 0 aliphatic carbocycles. The van der Waals surface area contributed by atoms with Gasteiger partial charge in [-0.05, 0) is 24.6 Å². The van der Waals surface area contributed by atoms with Gasteiger partial charge in [0, 0.05) is 12.6 Å². The first-order valence-electron chi connectivity index (χ1n) is 8.65. The second kappa shape index (κ2) is 8.85. The van der Waals surface area contributed by atoms with E-state index in [4.69, 9.17) is 14.2 Å². The van der Waals surface area contributed by atoms with E-state index >= 15 is 0 Å². The van der Waals surface area contributed by atoms with Gasteiger partial charge in [-0.15, -0.1) is 0 Å². The summed E-state index contributed by atoms with van der Waals surface area (Å²) < 4.78 is 17.1. The minimum Gasteiger partial charge on any atom is -0.486 e. The van der Waals surface area contributed by atoms with Crippen molar-refractivity contribution in [3.63, 3.8) is 0 Å². The lowest BCUT2D eigenvalue weighted by atomic mass is 10.1. The van der Waals surface area contributed by atoms with Crippen LogP contribution in [0.3, 0.4) is 0 Å². The molecule has 3 rings (SSSR count). The maximum absolute atomic E-state index is 10.1. The Morgan fingerprint density at radius 1 is 1.12 bits per heavy atom. The molecule has 0 amide bonds. The number of aliphatic hydroxyl groups excluding tert-OH is 1. The fourth-order valence-electron chi connectivity index (χ4n) is 2.71. The molecule has 0 fully saturated rings. The van der Waals surface area contributed by atoms with Crippen molar-refractivity contribution in [2.45, 2.75) is 25.2 Å². The fourth-order valence-corrected chi connectivity index (χ4v) is 2.71. The van der Waals surface area contributed by atoms with Crippen LogP contribution in [0, 0.1) is 0 Å². The molecule has 0 bridgehead atoms. The number of para-hydroxylation sites is 2. The van der Waals surface area contributed by atoms with Crippen molar-refractivity contribution in [3.8, 4) is 11.5 Å². The lowest BCUT2D eigenvalue weighted by Gasteiger charge is -2.26. The summed E-state index contributed by atoms with van der Waals surface area (Å²) in [6, 6.07) is 17.9. The highest BCUT2D eigenvalue weighted by Gasteiger charge is 2.21. The molecule has 3 atom stereocenters. The van der Waals surface area contributed by atoms with Crippen molar-refractivity contribution < 1.29 is 19.3 Å². The van der Waals surface area contributed by atoms with Gasteiger partial charge in [-0.3, -0.25) is 0 Å². The Hall–Kier alpha value is -2.08. The number of aliphatic hydroxyl groups is 1. The van der Waals surface area contributed by atoms with Gasteiger partial charge in [0.1, 0.15) is 6.61 Å². The van der Waals surface area contributed by atoms with Crippen molar-refractivity contribution in [1.29, 1.82) is 0 Å². The standard InChI is InChI=1S/C20H25NO4/c1-15(16-7-3-2-4-8-16)21-11-17(22)12-23-13-18-14-24-19-9-5-6-10-20(19)25-18/h2-10,15,17-18,21-22H,11-14H2,1H3. The molecule has 0 radical (unpaired) electrons. The van der Waals surface area contributed by atoms with Crippen molar-refractivity contribution >= 4 is 0 Å². The van der Waals surface area contributed by atoms with Gasteiger partial charge in [0.2, 0.25) is 0 Å². The number of nitrogens with one attached hydrogen (secondary N) is 1. The smallest absolute Gasteiger partial charge is 0.161 e. The zero-order valence-electron chi connectivity index (χ0n) is 14.4. The van der Waals surface area contributed by atoms with Crippen molar-refractivity contribution in [2.24, 2.45) is 0 Å². The molecular formula is C20H25NO4. The van der Waals surface area contributed by atoms with Crippen LogP contribution in [0.2, 0.25) is 0 Å². The summed E-state index contributed by atoms with van der Waals surface area (Å²) in [6.07, 6.45) is -0.721. The SMILES string of the molecule is CC(NCC(O)COCC1COc2ccccc2O1)c1ccccc1. The first-order chi connectivity index (χ1) is 12.2. The largest absolute Gasteiger partial charge is 0.486 e. The molecule has 1 aliphatic heterocycles. The molecule has 2 aromatic rings. The lowest BCUT2D eigenvalue weighted by Crippen LogP contribution is -2.36. The van der Waals surface area contributed by atoms with E-state index in [1.165, 1.54) is 5.56 Å². The van der Waals surface area contributed by atoms with Crippen LogP contribution in [0.15, 0.2) is 54.6 Å². The summed E-state index contributed by atoms with van der Waals surface area (Å²) in [7, 11) is 0.